The van der Waals surface area contributed by atoms with E-state index >= 15 is 0 Å². The zero-order valence-electron chi connectivity index (χ0n) is 17.2. The predicted molar refractivity (Wildman–Crippen MR) is 129 cm³/mol. The topological polar surface area (TPSA) is 38.9 Å². The number of aryl methyl sites for hydroxylation is 1. The molecule has 6 rings (SSSR count). The molecule has 0 aliphatic heterocycles. The van der Waals surface area contributed by atoms with E-state index in [2.05, 4.69) is 68.4 Å². The summed E-state index contributed by atoms with van der Waals surface area (Å²) in [6.45, 7) is 8.93. The molecule has 0 unspecified atom stereocenters. The molecule has 0 saturated heterocycles. The molecule has 0 aliphatic carbocycles. The third-order valence-corrected chi connectivity index (χ3v) is 7.88. The van der Waals surface area contributed by atoms with E-state index in [9.17, 15) is 0 Å². The largest absolute Gasteiger partial charge is 0.464 e. The van der Waals surface area contributed by atoms with E-state index in [1.165, 1.54) is 31.1 Å². The fourth-order valence-electron chi connectivity index (χ4n) is 4.33. The van der Waals surface area contributed by atoms with Gasteiger partial charge in [-0.2, -0.15) is 0 Å². The van der Waals surface area contributed by atoms with Crippen LogP contribution in [0.2, 0.25) is 0 Å². The lowest BCUT2D eigenvalue weighted by Crippen LogP contribution is -2.11. The van der Waals surface area contributed by atoms with E-state index in [1.807, 2.05) is 17.6 Å². The van der Waals surface area contributed by atoms with Gasteiger partial charge in [0.25, 0.3) is 0 Å². The minimum atomic E-state index is 0.0576. The van der Waals surface area contributed by atoms with E-state index in [1.54, 1.807) is 17.7 Å². The second kappa shape index (κ2) is 6.13. The third-order valence-electron chi connectivity index (χ3n) is 5.79. The third kappa shape index (κ3) is 2.49. The molecule has 4 aromatic heterocycles. The number of furan rings is 1. The highest BCUT2D eigenvalue weighted by Crippen LogP contribution is 2.44. The van der Waals surface area contributed by atoms with E-state index in [-0.39, 0.29) is 5.41 Å². The molecule has 0 bridgehead atoms. The number of rotatable bonds is 1. The maximum Gasteiger partial charge on any atom is 0.135 e. The average molecular weight is 429 g/mol. The lowest BCUT2D eigenvalue weighted by atomic mass is 9.85. The molecule has 5 heteroatoms. The molecule has 0 aliphatic rings. The van der Waals surface area contributed by atoms with Crippen molar-refractivity contribution in [3.63, 3.8) is 0 Å². The van der Waals surface area contributed by atoms with Crippen LogP contribution < -0.4 is 0 Å². The van der Waals surface area contributed by atoms with Crippen LogP contribution in [-0.4, -0.2) is 9.97 Å². The van der Waals surface area contributed by atoms with Gasteiger partial charge >= 0.3 is 0 Å². The first kappa shape index (κ1) is 18.0. The molecule has 0 fully saturated rings. The number of aromatic nitrogens is 2. The summed E-state index contributed by atoms with van der Waals surface area (Å²) >= 11 is 3.54. The molecule has 0 amide bonds. The van der Waals surface area contributed by atoms with Crippen LogP contribution in [0.3, 0.4) is 0 Å². The van der Waals surface area contributed by atoms with Gasteiger partial charge in [-0.15, -0.1) is 22.7 Å². The Hall–Kier alpha value is -2.76. The van der Waals surface area contributed by atoms with Crippen molar-refractivity contribution in [1.82, 2.24) is 9.97 Å². The van der Waals surface area contributed by atoms with Gasteiger partial charge in [-0.05, 0) is 64.6 Å². The van der Waals surface area contributed by atoms with Gasteiger partial charge in [-0.3, -0.25) is 0 Å². The number of nitrogens with zero attached hydrogens (tertiary/aromatic N) is 2. The number of fused-ring (bicyclic) bond motifs is 6. The molecule has 2 aromatic carbocycles. The number of thiophene rings is 2. The Bertz CT molecular complexity index is 1590. The first-order valence-corrected chi connectivity index (χ1v) is 11.7. The van der Waals surface area contributed by atoms with Crippen molar-refractivity contribution in [2.45, 2.75) is 33.1 Å². The van der Waals surface area contributed by atoms with Crippen LogP contribution >= 0.6 is 22.7 Å². The number of hydrogen-bond acceptors (Lipinski definition) is 5. The Balaban J connectivity index is 1.73. The van der Waals surface area contributed by atoms with Crippen LogP contribution in [0.5, 0.6) is 0 Å². The van der Waals surface area contributed by atoms with Crippen LogP contribution in [0.1, 0.15) is 31.9 Å². The summed E-state index contributed by atoms with van der Waals surface area (Å²) in [5.74, 6) is 0. The fourth-order valence-corrected chi connectivity index (χ4v) is 6.68. The Morgan fingerprint density at radius 2 is 1.83 bits per heavy atom. The second-order valence-electron chi connectivity index (χ2n) is 8.85. The molecule has 30 heavy (non-hydrogen) atoms. The summed E-state index contributed by atoms with van der Waals surface area (Å²) in [6.07, 6.45) is 3.53. The minimum absolute atomic E-state index is 0.0576. The standard InChI is InChI=1S/C25H20N2OS2/c1-13-11-28-18-6-5-16-20-21(26-12-27-24(20)30-23(16)19(13)18)15-9-14-7-8-29-22(14)17(10-15)25(2,3)4/h5-12H,1-4H3. The number of benzene rings is 2. The Labute approximate surface area is 182 Å². The first-order valence-electron chi connectivity index (χ1n) is 9.98. The maximum atomic E-state index is 5.73. The lowest BCUT2D eigenvalue weighted by molar-refractivity contribution is 0.597. The normalized spacial score (nSPS) is 12.7. The lowest BCUT2D eigenvalue weighted by Gasteiger charge is -2.21. The van der Waals surface area contributed by atoms with E-state index < -0.39 is 0 Å². The summed E-state index contributed by atoms with van der Waals surface area (Å²) in [4.78, 5) is 10.4. The molecular formula is C25H20N2OS2. The smallest absolute Gasteiger partial charge is 0.135 e. The molecule has 3 nitrogen and oxygen atoms in total. The molecule has 6 aromatic rings. The summed E-state index contributed by atoms with van der Waals surface area (Å²) in [5, 5.41) is 6.98. The van der Waals surface area contributed by atoms with Crippen LogP contribution in [0, 0.1) is 6.92 Å². The zero-order chi connectivity index (χ0) is 20.6. The average Bonchev–Trinajstić information content (AvgIpc) is 3.42. The number of hydrogen-bond donors (Lipinski definition) is 0. The minimum Gasteiger partial charge on any atom is -0.464 e. The SMILES string of the molecule is Cc1coc2ccc3c(sc4ncnc(-c5cc(C(C)(C)C)c6sccc6c5)c43)c12. The van der Waals surface area contributed by atoms with Crippen molar-refractivity contribution in [2.24, 2.45) is 0 Å². The Morgan fingerprint density at radius 1 is 0.967 bits per heavy atom. The maximum absolute atomic E-state index is 5.73. The first-order chi connectivity index (χ1) is 14.4. The highest BCUT2D eigenvalue weighted by atomic mass is 32.1. The Morgan fingerprint density at radius 3 is 2.67 bits per heavy atom. The van der Waals surface area contributed by atoms with Crippen molar-refractivity contribution in [3.05, 3.63) is 59.4 Å². The van der Waals surface area contributed by atoms with Crippen molar-refractivity contribution in [2.75, 3.05) is 0 Å². The Kier molecular flexibility index (Phi) is 3.68. The summed E-state index contributed by atoms with van der Waals surface area (Å²) in [6, 6.07) is 11.0. The summed E-state index contributed by atoms with van der Waals surface area (Å²) in [5.41, 5.74) is 5.67. The zero-order valence-corrected chi connectivity index (χ0v) is 18.9. The molecule has 0 atom stereocenters. The van der Waals surface area contributed by atoms with E-state index in [0.717, 1.165) is 32.6 Å². The highest BCUT2D eigenvalue weighted by molar-refractivity contribution is 7.26. The van der Waals surface area contributed by atoms with Gasteiger partial charge in [-0.25, -0.2) is 9.97 Å². The fraction of sp³-hybridized carbons (Fsp3) is 0.200. The predicted octanol–water partition coefficient (Wildman–Crippen LogP) is 8.08. The highest BCUT2D eigenvalue weighted by Gasteiger charge is 2.22. The molecule has 148 valence electrons. The molecule has 4 heterocycles. The van der Waals surface area contributed by atoms with Gasteiger partial charge < -0.3 is 4.42 Å². The van der Waals surface area contributed by atoms with Gasteiger partial charge in [0.05, 0.1) is 12.0 Å². The monoisotopic (exact) mass is 428 g/mol. The van der Waals surface area contributed by atoms with Gasteiger partial charge in [-0.1, -0.05) is 20.8 Å². The summed E-state index contributed by atoms with van der Waals surface area (Å²) in [7, 11) is 0. The van der Waals surface area contributed by atoms with Crippen molar-refractivity contribution >= 4 is 64.0 Å². The van der Waals surface area contributed by atoms with E-state index in [0.29, 0.717) is 0 Å². The summed E-state index contributed by atoms with van der Waals surface area (Å²) < 4.78 is 8.32. The molecular weight excluding hydrogens is 408 g/mol. The van der Waals surface area contributed by atoms with Crippen molar-refractivity contribution in [3.8, 4) is 11.3 Å². The van der Waals surface area contributed by atoms with Crippen LogP contribution in [0.15, 0.2) is 52.7 Å². The van der Waals surface area contributed by atoms with Crippen LogP contribution in [0.4, 0.5) is 0 Å². The van der Waals surface area contributed by atoms with Crippen molar-refractivity contribution in [1.29, 1.82) is 0 Å². The molecule has 0 saturated carbocycles. The van der Waals surface area contributed by atoms with Gasteiger partial charge in [0.15, 0.2) is 0 Å². The molecule has 0 radical (unpaired) electrons. The van der Waals surface area contributed by atoms with E-state index in [4.69, 9.17) is 9.40 Å². The van der Waals surface area contributed by atoms with Crippen LogP contribution in [0.25, 0.3) is 52.6 Å². The van der Waals surface area contributed by atoms with Gasteiger partial charge in [0.2, 0.25) is 0 Å². The van der Waals surface area contributed by atoms with Crippen LogP contribution in [-0.2, 0) is 5.41 Å². The van der Waals surface area contributed by atoms with Gasteiger partial charge in [0, 0.05) is 31.1 Å². The molecule has 0 N–H and O–H groups in total. The molecule has 0 spiro atoms. The quantitative estimate of drug-likeness (QED) is 0.266. The van der Waals surface area contributed by atoms with Crippen molar-refractivity contribution < 1.29 is 4.42 Å². The second-order valence-corrected chi connectivity index (χ2v) is 10.8. The van der Waals surface area contributed by atoms with Gasteiger partial charge in [0.1, 0.15) is 16.7 Å².